The smallest absolute Gasteiger partial charge is 0.364 e. The van der Waals surface area contributed by atoms with Gasteiger partial charge in [0.2, 0.25) is 0 Å². The highest BCUT2D eigenvalue weighted by atomic mass is 19.4. The fourth-order valence-electron chi connectivity index (χ4n) is 2.56. The molecule has 0 saturated carbocycles. The highest BCUT2D eigenvalue weighted by Gasteiger charge is 2.30. The molecule has 5 nitrogen and oxygen atoms in total. The normalized spacial score (nSPS) is 13.8. The van der Waals surface area contributed by atoms with Gasteiger partial charge in [-0.1, -0.05) is 23.8 Å². The van der Waals surface area contributed by atoms with Crippen LogP contribution in [0.3, 0.4) is 0 Å². The number of rotatable bonds is 5. The second-order valence-corrected chi connectivity index (χ2v) is 5.93. The van der Waals surface area contributed by atoms with E-state index in [0.29, 0.717) is 12.4 Å². The molecular formula is C19H17F3N4O. The van der Waals surface area contributed by atoms with Gasteiger partial charge in [-0.3, -0.25) is 4.79 Å². The molecule has 140 valence electrons. The van der Waals surface area contributed by atoms with Crippen molar-refractivity contribution in [3.05, 3.63) is 71.7 Å². The number of amides is 1. The zero-order valence-corrected chi connectivity index (χ0v) is 14.3. The van der Waals surface area contributed by atoms with E-state index < -0.39 is 17.6 Å². The number of hydrogen-bond acceptors (Lipinski definition) is 4. The second kappa shape index (κ2) is 8.03. The van der Waals surface area contributed by atoms with Crippen molar-refractivity contribution in [2.45, 2.75) is 19.0 Å². The molecule has 1 aromatic carbocycles. The SMILES string of the molecule is O=C(Nc1ccc(C(F)(F)F)cc1)c1nccnc1NCC1=CC=CCC1. The number of hydrogen-bond donors (Lipinski definition) is 2. The summed E-state index contributed by atoms with van der Waals surface area (Å²) in [6, 6.07) is 4.22. The standard InChI is InChI=1S/C19H17F3N4O/c20-19(21,22)14-6-8-15(9-7-14)26-18(27)16-17(24-11-10-23-16)25-12-13-4-2-1-3-5-13/h1-2,4,6-11H,3,5,12H2,(H,24,25)(H,26,27). The Kier molecular flexibility index (Phi) is 5.54. The van der Waals surface area contributed by atoms with Crippen LogP contribution >= 0.6 is 0 Å². The molecule has 0 radical (unpaired) electrons. The van der Waals surface area contributed by atoms with Crippen molar-refractivity contribution >= 4 is 17.4 Å². The van der Waals surface area contributed by atoms with E-state index in [1.165, 1.54) is 30.1 Å². The van der Waals surface area contributed by atoms with Crippen molar-refractivity contribution in [3.8, 4) is 0 Å². The van der Waals surface area contributed by atoms with Crippen molar-refractivity contribution in [1.82, 2.24) is 9.97 Å². The maximum Gasteiger partial charge on any atom is 0.416 e. The van der Waals surface area contributed by atoms with Crippen molar-refractivity contribution in [2.24, 2.45) is 0 Å². The number of halogens is 3. The third-order valence-electron chi connectivity index (χ3n) is 3.97. The van der Waals surface area contributed by atoms with E-state index in [1.807, 2.05) is 12.2 Å². The first-order valence-corrected chi connectivity index (χ1v) is 8.31. The lowest BCUT2D eigenvalue weighted by molar-refractivity contribution is -0.137. The first-order valence-electron chi connectivity index (χ1n) is 8.31. The zero-order chi connectivity index (χ0) is 19.3. The van der Waals surface area contributed by atoms with Gasteiger partial charge in [0.05, 0.1) is 5.56 Å². The molecule has 0 bridgehead atoms. The third-order valence-corrected chi connectivity index (χ3v) is 3.97. The van der Waals surface area contributed by atoms with E-state index in [2.05, 4.69) is 26.7 Å². The molecule has 0 atom stereocenters. The molecule has 27 heavy (non-hydrogen) atoms. The Hall–Kier alpha value is -3.16. The summed E-state index contributed by atoms with van der Waals surface area (Å²) in [6.07, 6.45) is 6.39. The Bertz CT molecular complexity index is 873. The summed E-state index contributed by atoms with van der Waals surface area (Å²) in [5.74, 6) is -0.236. The van der Waals surface area contributed by atoms with E-state index in [0.717, 1.165) is 25.0 Å². The van der Waals surface area contributed by atoms with Gasteiger partial charge < -0.3 is 10.6 Å². The van der Waals surface area contributed by atoms with Crippen LogP contribution in [0.25, 0.3) is 0 Å². The van der Waals surface area contributed by atoms with E-state index >= 15 is 0 Å². The highest BCUT2D eigenvalue weighted by Crippen LogP contribution is 2.30. The second-order valence-electron chi connectivity index (χ2n) is 5.93. The Morgan fingerprint density at radius 2 is 1.85 bits per heavy atom. The molecule has 1 aromatic heterocycles. The summed E-state index contributed by atoms with van der Waals surface area (Å²) in [7, 11) is 0. The van der Waals surface area contributed by atoms with Crippen LogP contribution in [0.1, 0.15) is 28.9 Å². The largest absolute Gasteiger partial charge is 0.416 e. The van der Waals surface area contributed by atoms with Gasteiger partial charge in [-0.05, 0) is 37.1 Å². The van der Waals surface area contributed by atoms with Crippen LogP contribution in [0.5, 0.6) is 0 Å². The summed E-state index contributed by atoms with van der Waals surface area (Å²) in [5.41, 5.74) is 0.712. The number of benzene rings is 1. The van der Waals surface area contributed by atoms with Crippen LogP contribution < -0.4 is 10.6 Å². The number of nitrogens with one attached hydrogen (secondary N) is 2. The lowest BCUT2D eigenvalue weighted by Crippen LogP contribution is -2.18. The fourth-order valence-corrected chi connectivity index (χ4v) is 2.56. The Morgan fingerprint density at radius 1 is 1.11 bits per heavy atom. The number of allylic oxidation sites excluding steroid dienone is 3. The van der Waals surface area contributed by atoms with Crippen LogP contribution in [0.15, 0.2) is 60.5 Å². The van der Waals surface area contributed by atoms with Gasteiger partial charge in [0, 0.05) is 24.6 Å². The van der Waals surface area contributed by atoms with Gasteiger partial charge in [-0.25, -0.2) is 9.97 Å². The molecule has 1 amide bonds. The fraction of sp³-hybridized carbons (Fsp3) is 0.211. The molecule has 0 saturated heterocycles. The van der Waals surface area contributed by atoms with Gasteiger partial charge >= 0.3 is 6.18 Å². The Labute approximate surface area is 154 Å². The minimum Gasteiger partial charge on any atom is -0.364 e. The molecule has 0 aliphatic heterocycles. The van der Waals surface area contributed by atoms with Crippen LogP contribution in [-0.2, 0) is 6.18 Å². The van der Waals surface area contributed by atoms with Crippen LogP contribution in [-0.4, -0.2) is 22.4 Å². The Morgan fingerprint density at radius 3 is 2.52 bits per heavy atom. The first kappa shape index (κ1) is 18.6. The van der Waals surface area contributed by atoms with E-state index in [4.69, 9.17) is 0 Å². The minimum atomic E-state index is -4.42. The number of aromatic nitrogens is 2. The van der Waals surface area contributed by atoms with E-state index in [1.54, 1.807) is 0 Å². The monoisotopic (exact) mass is 374 g/mol. The van der Waals surface area contributed by atoms with Crippen LogP contribution in [0.4, 0.5) is 24.7 Å². The van der Waals surface area contributed by atoms with Gasteiger partial charge in [-0.15, -0.1) is 0 Å². The molecule has 1 heterocycles. The molecule has 0 unspecified atom stereocenters. The summed E-state index contributed by atoms with van der Waals surface area (Å²) in [5, 5.41) is 5.63. The maximum absolute atomic E-state index is 12.6. The van der Waals surface area contributed by atoms with Gasteiger partial charge in [0.1, 0.15) is 0 Å². The van der Waals surface area contributed by atoms with Crippen molar-refractivity contribution < 1.29 is 18.0 Å². The molecule has 3 rings (SSSR count). The van der Waals surface area contributed by atoms with Gasteiger partial charge in [-0.2, -0.15) is 13.2 Å². The molecule has 1 aliphatic rings. The molecule has 0 spiro atoms. The number of alkyl halides is 3. The molecular weight excluding hydrogens is 357 g/mol. The lowest BCUT2D eigenvalue weighted by atomic mass is 10.1. The van der Waals surface area contributed by atoms with Crippen molar-refractivity contribution in [1.29, 1.82) is 0 Å². The lowest BCUT2D eigenvalue weighted by Gasteiger charge is -2.13. The van der Waals surface area contributed by atoms with E-state index in [9.17, 15) is 18.0 Å². The van der Waals surface area contributed by atoms with Gasteiger partial charge in [0.25, 0.3) is 5.91 Å². The topological polar surface area (TPSA) is 66.9 Å². The van der Waals surface area contributed by atoms with Gasteiger partial charge in [0.15, 0.2) is 11.5 Å². The number of nitrogens with zero attached hydrogens (tertiary/aromatic N) is 2. The molecule has 2 aromatic rings. The summed E-state index contributed by atoms with van der Waals surface area (Å²) in [6.45, 7) is 0.531. The van der Waals surface area contributed by atoms with Crippen molar-refractivity contribution in [3.63, 3.8) is 0 Å². The summed E-state index contributed by atoms with van der Waals surface area (Å²) < 4.78 is 37.8. The summed E-state index contributed by atoms with van der Waals surface area (Å²) >= 11 is 0. The predicted molar refractivity (Wildman–Crippen MR) is 96.4 cm³/mol. The third kappa shape index (κ3) is 4.93. The van der Waals surface area contributed by atoms with E-state index in [-0.39, 0.29) is 11.4 Å². The molecule has 2 N–H and O–H groups in total. The number of carbonyl (C=O) groups excluding carboxylic acids is 1. The zero-order valence-electron chi connectivity index (χ0n) is 14.3. The predicted octanol–water partition coefficient (Wildman–Crippen LogP) is 4.44. The van der Waals surface area contributed by atoms with Crippen molar-refractivity contribution in [2.75, 3.05) is 17.2 Å². The number of anilines is 2. The average molecular weight is 374 g/mol. The number of carbonyl (C=O) groups is 1. The molecule has 8 heteroatoms. The molecule has 1 aliphatic carbocycles. The van der Waals surface area contributed by atoms with Crippen LogP contribution in [0, 0.1) is 0 Å². The van der Waals surface area contributed by atoms with Crippen LogP contribution in [0.2, 0.25) is 0 Å². The molecule has 0 fully saturated rings. The quantitative estimate of drug-likeness (QED) is 0.812. The average Bonchev–Trinajstić information content (AvgIpc) is 2.67. The highest BCUT2D eigenvalue weighted by molar-refractivity contribution is 6.05. The maximum atomic E-state index is 12.6. The summed E-state index contributed by atoms with van der Waals surface area (Å²) in [4.78, 5) is 20.7. The first-order chi connectivity index (χ1) is 12.9. The minimum absolute atomic E-state index is 0.0735. The Balaban J connectivity index is 1.69.